The van der Waals surface area contributed by atoms with Crippen LogP contribution in [0.5, 0.6) is 5.75 Å². The van der Waals surface area contributed by atoms with Gasteiger partial charge < -0.3 is 15.4 Å². The smallest absolute Gasteiger partial charge is 0.238 e. The van der Waals surface area contributed by atoms with Crippen LogP contribution in [0, 0.1) is 6.92 Å². The van der Waals surface area contributed by atoms with E-state index in [4.69, 9.17) is 4.74 Å². The van der Waals surface area contributed by atoms with E-state index in [1.54, 1.807) is 7.11 Å². The summed E-state index contributed by atoms with van der Waals surface area (Å²) in [6, 6.07) is 6.26. The van der Waals surface area contributed by atoms with Crippen molar-refractivity contribution in [1.29, 1.82) is 0 Å². The number of nitrogens with zero attached hydrogens (tertiary/aromatic N) is 1. The molecule has 22 heavy (non-hydrogen) atoms. The van der Waals surface area contributed by atoms with E-state index in [-0.39, 0.29) is 5.91 Å². The van der Waals surface area contributed by atoms with Crippen LogP contribution in [-0.4, -0.2) is 50.1 Å². The molecule has 1 aliphatic rings. The van der Waals surface area contributed by atoms with Gasteiger partial charge in [-0.3, -0.25) is 9.69 Å². The van der Waals surface area contributed by atoms with Gasteiger partial charge in [-0.25, -0.2) is 0 Å². The molecule has 1 saturated heterocycles. The second kappa shape index (κ2) is 8.15. The third kappa shape index (κ3) is 4.45. The number of ether oxygens (including phenoxy) is 1. The molecule has 1 amide bonds. The molecule has 5 heteroatoms. The van der Waals surface area contributed by atoms with Gasteiger partial charge >= 0.3 is 0 Å². The summed E-state index contributed by atoms with van der Waals surface area (Å²) in [5, 5.41) is 6.36. The van der Waals surface area contributed by atoms with Gasteiger partial charge in [0.1, 0.15) is 5.75 Å². The van der Waals surface area contributed by atoms with Gasteiger partial charge in [0.2, 0.25) is 5.91 Å². The van der Waals surface area contributed by atoms with Crippen LogP contribution in [0.2, 0.25) is 0 Å². The highest BCUT2D eigenvalue weighted by Crippen LogP contribution is 2.25. The third-order valence-corrected chi connectivity index (χ3v) is 4.04. The molecule has 0 saturated carbocycles. The molecule has 1 unspecified atom stereocenters. The molecule has 122 valence electrons. The number of aryl methyl sites for hydroxylation is 1. The Kier molecular flexibility index (Phi) is 6.21. The molecule has 5 nitrogen and oxygen atoms in total. The van der Waals surface area contributed by atoms with Crippen LogP contribution >= 0.6 is 0 Å². The lowest BCUT2D eigenvalue weighted by Crippen LogP contribution is -2.42. The Bertz CT molecular complexity index is 499. The summed E-state index contributed by atoms with van der Waals surface area (Å²) in [4.78, 5) is 14.7. The summed E-state index contributed by atoms with van der Waals surface area (Å²) in [6.45, 7) is 7.54. The van der Waals surface area contributed by atoms with Gasteiger partial charge in [-0.05, 0) is 50.6 Å². The van der Waals surface area contributed by atoms with Crippen LogP contribution in [0.25, 0.3) is 0 Å². The highest BCUT2D eigenvalue weighted by Gasteiger charge is 2.23. The molecule has 1 heterocycles. The van der Waals surface area contributed by atoms with Crippen molar-refractivity contribution in [1.82, 2.24) is 10.2 Å². The van der Waals surface area contributed by atoms with Crippen LogP contribution in [0.15, 0.2) is 18.2 Å². The molecule has 2 N–H and O–H groups in total. The maximum absolute atomic E-state index is 12.4. The molecule has 1 aliphatic heterocycles. The Morgan fingerprint density at radius 2 is 2.32 bits per heavy atom. The van der Waals surface area contributed by atoms with E-state index in [0.29, 0.717) is 18.3 Å². The average Bonchev–Trinajstić information content (AvgIpc) is 3.01. The maximum atomic E-state index is 12.4. The first-order valence-corrected chi connectivity index (χ1v) is 8.03. The lowest BCUT2D eigenvalue weighted by molar-refractivity contribution is -0.117. The zero-order valence-electron chi connectivity index (χ0n) is 13.8. The van der Waals surface area contributed by atoms with Crippen molar-refractivity contribution >= 4 is 11.6 Å². The summed E-state index contributed by atoms with van der Waals surface area (Å²) in [5.74, 6) is 0.716. The van der Waals surface area contributed by atoms with Crippen molar-refractivity contribution in [3.05, 3.63) is 23.8 Å². The van der Waals surface area contributed by atoms with Crippen molar-refractivity contribution in [2.24, 2.45) is 0 Å². The fraction of sp³-hybridized carbons (Fsp3) is 0.588. The van der Waals surface area contributed by atoms with Gasteiger partial charge in [0, 0.05) is 12.6 Å². The van der Waals surface area contributed by atoms with Crippen molar-refractivity contribution in [3.63, 3.8) is 0 Å². The number of benzene rings is 1. The molecule has 2 rings (SSSR count). The standard InChI is InChI=1S/C17H27N3O2/c1-4-9-20(14-7-8-18-11-14)12-17(21)19-15-10-13(2)5-6-16(15)22-3/h5-6,10,14,18H,4,7-9,11-12H2,1-3H3,(H,19,21). The molecule has 1 aromatic rings. The van der Waals surface area contributed by atoms with E-state index in [9.17, 15) is 4.79 Å². The molecular weight excluding hydrogens is 278 g/mol. The van der Waals surface area contributed by atoms with Crippen molar-refractivity contribution in [2.45, 2.75) is 32.7 Å². The first-order chi connectivity index (χ1) is 10.6. The summed E-state index contributed by atoms with van der Waals surface area (Å²) in [7, 11) is 1.62. The fourth-order valence-electron chi connectivity index (χ4n) is 2.92. The molecular formula is C17H27N3O2. The number of carbonyl (C=O) groups is 1. The zero-order valence-corrected chi connectivity index (χ0v) is 13.8. The quantitative estimate of drug-likeness (QED) is 0.809. The zero-order chi connectivity index (χ0) is 15.9. The topological polar surface area (TPSA) is 53.6 Å². The van der Waals surface area contributed by atoms with Crippen LogP contribution in [0.1, 0.15) is 25.3 Å². The highest BCUT2D eigenvalue weighted by atomic mass is 16.5. The lowest BCUT2D eigenvalue weighted by Gasteiger charge is -2.27. The monoisotopic (exact) mass is 305 g/mol. The van der Waals surface area contributed by atoms with E-state index in [0.717, 1.165) is 43.7 Å². The van der Waals surface area contributed by atoms with E-state index in [1.165, 1.54) is 0 Å². The third-order valence-electron chi connectivity index (χ3n) is 4.04. The predicted molar refractivity (Wildman–Crippen MR) is 89.5 cm³/mol. The number of nitrogens with one attached hydrogen (secondary N) is 2. The van der Waals surface area contributed by atoms with Gasteiger partial charge in [0.05, 0.1) is 19.3 Å². The average molecular weight is 305 g/mol. The Morgan fingerprint density at radius 3 is 2.95 bits per heavy atom. The van der Waals surface area contributed by atoms with Crippen molar-refractivity contribution in [3.8, 4) is 5.75 Å². The first kappa shape index (κ1) is 16.8. The predicted octanol–water partition coefficient (Wildman–Crippen LogP) is 2.02. The fourth-order valence-corrected chi connectivity index (χ4v) is 2.92. The first-order valence-electron chi connectivity index (χ1n) is 8.03. The second-order valence-corrected chi connectivity index (χ2v) is 5.87. The molecule has 0 bridgehead atoms. The van der Waals surface area contributed by atoms with E-state index < -0.39 is 0 Å². The summed E-state index contributed by atoms with van der Waals surface area (Å²) in [6.07, 6.45) is 2.17. The molecule has 1 aromatic carbocycles. The van der Waals surface area contributed by atoms with Crippen molar-refractivity contribution in [2.75, 3.05) is 38.6 Å². The van der Waals surface area contributed by atoms with Gasteiger partial charge in [-0.15, -0.1) is 0 Å². The van der Waals surface area contributed by atoms with Gasteiger partial charge in [-0.1, -0.05) is 13.0 Å². The number of methoxy groups -OCH3 is 1. The Labute approximate surface area is 133 Å². The van der Waals surface area contributed by atoms with Gasteiger partial charge in [0.25, 0.3) is 0 Å². The molecule has 0 aromatic heterocycles. The number of rotatable bonds is 7. The molecule has 0 aliphatic carbocycles. The molecule has 0 radical (unpaired) electrons. The lowest BCUT2D eigenvalue weighted by atomic mass is 10.2. The van der Waals surface area contributed by atoms with Crippen LogP contribution < -0.4 is 15.4 Å². The largest absolute Gasteiger partial charge is 0.495 e. The maximum Gasteiger partial charge on any atom is 0.238 e. The van der Waals surface area contributed by atoms with Crippen LogP contribution in [0.3, 0.4) is 0 Å². The summed E-state index contributed by atoms with van der Waals surface area (Å²) in [5.41, 5.74) is 1.84. The number of hydrogen-bond donors (Lipinski definition) is 2. The van der Waals surface area contributed by atoms with Gasteiger partial charge in [0.15, 0.2) is 0 Å². The number of hydrogen-bond acceptors (Lipinski definition) is 4. The normalized spacial score (nSPS) is 17.7. The molecule has 1 fully saturated rings. The van der Waals surface area contributed by atoms with Crippen LogP contribution in [-0.2, 0) is 4.79 Å². The van der Waals surface area contributed by atoms with Crippen molar-refractivity contribution < 1.29 is 9.53 Å². The van der Waals surface area contributed by atoms with Gasteiger partial charge in [-0.2, -0.15) is 0 Å². The molecule has 1 atom stereocenters. The minimum absolute atomic E-state index is 0.0178. The minimum atomic E-state index is 0.0178. The summed E-state index contributed by atoms with van der Waals surface area (Å²) >= 11 is 0. The Morgan fingerprint density at radius 1 is 1.50 bits per heavy atom. The number of carbonyl (C=O) groups excluding carboxylic acids is 1. The van der Waals surface area contributed by atoms with Crippen LogP contribution in [0.4, 0.5) is 5.69 Å². The Balaban J connectivity index is 2.00. The number of amides is 1. The SMILES string of the molecule is CCCN(CC(=O)Nc1cc(C)ccc1OC)C1CCNC1. The summed E-state index contributed by atoms with van der Waals surface area (Å²) < 4.78 is 5.32. The van der Waals surface area contributed by atoms with E-state index in [2.05, 4.69) is 22.5 Å². The molecule has 0 spiro atoms. The van der Waals surface area contributed by atoms with E-state index in [1.807, 2.05) is 25.1 Å². The second-order valence-electron chi connectivity index (χ2n) is 5.87. The number of anilines is 1. The Hall–Kier alpha value is -1.59. The minimum Gasteiger partial charge on any atom is -0.495 e. The van der Waals surface area contributed by atoms with E-state index >= 15 is 0 Å². The highest BCUT2D eigenvalue weighted by molar-refractivity contribution is 5.93.